The number of pyridine rings is 1. The van der Waals surface area contributed by atoms with Gasteiger partial charge in [-0.2, -0.15) is 0 Å². The molecule has 0 aliphatic carbocycles. The second-order valence-corrected chi connectivity index (χ2v) is 3.50. The van der Waals surface area contributed by atoms with Crippen molar-refractivity contribution in [1.82, 2.24) is 4.98 Å². The summed E-state index contributed by atoms with van der Waals surface area (Å²) in [5.41, 5.74) is 7.03. The molecule has 0 unspecified atom stereocenters. The number of aromatic nitrogens is 1. The van der Waals surface area contributed by atoms with Gasteiger partial charge in [-0.25, -0.2) is 0 Å². The average Bonchev–Trinajstić information content (AvgIpc) is 2.39. The predicted octanol–water partition coefficient (Wildman–Crippen LogP) is 1.90. The molecule has 1 aromatic heterocycles. The van der Waals surface area contributed by atoms with Crippen molar-refractivity contribution in [2.75, 3.05) is 12.8 Å². The van der Waals surface area contributed by atoms with Crippen molar-refractivity contribution in [1.29, 1.82) is 0 Å². The highest BCUT2D eigenvalue weighted by atomic mass is 16.5. The zero-order chi connectivity index (χ0) is 12.3. The molecule has 0 radical (unpaired) electrons. The molecule has 2 rings (SSSR count). The molecule has 0 amide bonds. The summed E-state index contributed by atoms with van der Waals surface area (Å²) in [4.78, 5) is 16.2. The molecule has 4 nitrogen and oxygen atoms in total. The van der Waals surface area contributed by atoms with Gasteiger partial charge < -0.3 is 10.5 Å². The van der Waals surface area contributed by atoms with Crippen LogP contribution in [-0.4, -0.2) is 17.9 Å². The highest BCUT2D eigenvalue weighted by Crippen LogP contribution is 2.23. The number of rotatable bonds is 3. The van der Waals surface area contributed by atoms with Gasteiger partial charge in [-0.15, -0.1) is 0 Å². The van der Waals surface area contributed by atoms with Gasteiger partial charge in [-0.05, 0) is 24.3 Å². The van der Waals surface area contributed by atoms with Crippen LogP contribution < -0.4 is 10.5 Å². The van der Waals surface area contributed by atoms with Gasteiger partial charge in [-0.1, -0.05) is 6.07 Å². The van der Waals surface area contributed by atoms with Crippen molar-refractivity contribution in [3.05, 3.63) is 53.9 Å². The third-order valence-corrected chi connectivity index (χ3v) is 2.37. The molecule has 0 fully saturated rings. The van der Waals surface area contributed by atoms with E-state index in [2.05, 4.69) is 4.98 Å². The van der Waals surface area contributed by atoms with Gasteiger partial charge in [0.2, 0.25) is 5.78 Å². The molecular formula is C13H12N2O2. The van der Waals surface area contributed by atoms with E-state index >= 15 is 0 Å². The lowest BCUT2D eigenvalue weighted by atomic mass is 10.1. The quantitative estimate of drug-likeness (QED) is 0.643. The summed E-state index contributed by atoms with van der Waals surface area (Å²) in [6.07, 6.45) is 1.58. The highest BCUT2D eigenvalue weighted by molar-refractivity contribution is 6.09. The number of anilines is 1. The Kier molecular flexibility index (Phi) is 3.05. The number of hydrogen-bond donors (Lipinski definition) is 1. The second kappa shape index (κ2) is 4.65. The first kappa shape index (κ1) is 11.1. The van der Waals surface area contributed by atoms with Crippen LogP contribution in [0.25, 0.3) is 0 Å². The topological polar surface area (TPSA) is 65.2 Å². The summed E-state index contributed by atoms with van der Waals surface area (Å²) in [6, 6.07) is 10.1. The molecule has 0 bridgehead atoms. The average molecular weight is 228 g/mol. The third kappa shape index (κ3) is 2.25. The first-order valence-corrected chi connectivity index (χ1v) is 5.11. The van der Waals surface area contributed by atoms with Crippen LogP contribution in [0.15, 0.2) is 42.6 Å². The lowest BCUT2D eigenvalue weighted by Crippen LogP contribution is -2.06. The Balaban J connectivity index is 2.44. The van der Waals surface area contributed by atoms with Gasteiger partial charge in [0.15, 0.2) is 0 Å². The SMILES string of the molecule is COc1cc(N)ccc1C(=O)c1ccccn1. The van der Waals surface area contributed by atoms with Crippen molar-refractivity contribution < 1.29 is 9.53 Å². The molecule has 0 spiro atoms. The van der Waals surface area contributed by atoms with Gasteiger partial charge >= 0.3 is 0 Å². The summed E-state index contributed by atoms with van der Waals surface area (Å²) < 4.78 is 5.14. The van der Waals surface area contributed by atoms with E-state index in [0.717, 1.165) is 0 Å². The Morgan fingerprint density at radius 3 is 2.76 bits per heavy atom. The summed E-state index contributed by atoms with van der Waals surface area (Å²) in [5, 5.41) is 0. The minimum atomic E-state index is -0.178. The number of nitrogens with two attached hydrogens (primary N) is 1. The number of hydrogen-bond acceptors (Lipinski definition) is 4. The van der Waals surface area contributed by atoms with Gasteiger partial charge in [0, 0.05) is 18.0 Å². The van der Waals surface area contributed by atoms with E-state index in [1.54, 1.807) is 42.6 Å². The van der Waals surface area contributed by atoms with Gasteiger partial charge in [0.05, 0.1) is 12.7 Å². The van der Waals surface area contributed by atoms with Crippen LogP contribution in [0.1, 0.15) is 16.1 Å². The molecule has 0 aliphatic rings. The van der Waals surface area contributed by atoms with Gasteiger partial charge in [0.25, 0.3) is 0 Å². The van der Waals surface area contributed by atoms with Crippen LogP contribution in [0, 0.1) is 0 Å². The van der Waals surface area contributed by atoms with Crippen LogP contribution in [0.2, 0.25) is 0 Å². The Bertz CT molecular complexity index is 538. The predicted molar refractivity (Wildman–Crippen MR) is 65.1 cm³/mol. The number of ether oxygens (including phenoxy) is 1. The molecule has 4 heteroatoms. The number of methoxy groups -OCH3 is 1. The van der Waals surface area contributed by atoms with Crippen molar-refractivity contribution in [3.8, 4) is 5.75 Å². The van der Waals surface area contributed by atoms with Crippen LogP contribution >= 0.6 is 0 Å². The highest BCUT2D eigenvalue weighted by Gasteiger charge is 2.15. The summed E-state index contributed by atoms with van der Waals surface area (Å²) in [7, 11) is 1.50. The van der Waals surface area contributed by atoms with E-state index in [1.807, 2.05) is 0 Å². The second-order valence-electron chi connectivity index (χ2n) is 3.50. The number of benzene rings is 1. The zero-order valence-electron chi connectivity index (χ0n) is 9.38. The molecule has 1 aromatic carbocycles. The Labute approximate surface area is 99.1 Å². The summed E-state index contributed by atoms with van der Waals surface area (Å²) >= 11 is 0. The molecule has 0 aliphatic heterocycles. The van der Waals surface area contributed by atoms with Crippen molar-refractivity contribution >= 4 is 11.5 Å². The molecule has 0 saturated carbocycles. The number of ketones is 1. The maximum atomic E-state index is 12.2. The molecule has 2 aromatic rings. The van der Waals surface area contributed by atoms with Crippen LogP contribution in [0.4, 0.5) is 5.69 Å². The van der Waals surface area contributed by atoms with E-state index in [0.29, 0.717) is 22.7 Å². The molecule has 0 saturated heterocycles. The molecule has 17 heavy (non-hydrogen) atoms. The van der Waals surface area contributed by atoms with E-state index in [4.69, 9.17) is 10.5 Å². The largest absolute Gasteiger partial charge is 0.496 e. The smallest absolute Gasteiger partial charge is 0.215 e. The minimum absolute atomic E-state index is 0.178. The number of nitrogens with zero attached hydrogens (tertiary/aromatic N) is 1. The molecule has 1 heterocycles. The standard InChI is InChI=1S/C13H12N2O2/c1-17-12-8-9(14)5-6-10(12)13(16)11-4-2-3-7-15-11/h2-8H,14H2,1H3. The fourth-order valence-electron chi connectivity index (χ4n) is 1.53. The molecule has 86 valence electrons. The molecular weight excluding hydrogens is 216 g/mol. The third-order valence-electron chi connectivity index (χ3n) is 2.37. The number of nitrogen functional groups attached to an aromatic ring is 1. The monoisotopic (exact) mass is 228 g/mol. The van der Waals surface area contributed by atoms with E-state index in [-0.39, 0.29) is 5.78 Å². The fourth-order valence-corrected chi connectivity index (χ4v) is 1.53. The van der Waals surface area contributed by atoms with Crippen molar-refractivity contribution in [3.63, 3.8) is 0 Å². The maximum Gasteiger partial charge on any atom is 0.215 e. The lowest BCUT2D eigenvalue weighted by Gasteiger charge is -2.07. The van der Waals surface area contributed by atoms with Gasteiger partial charge in [-0.3, -0.25) is 9.78 Å². The van der Waals surface area contributed by atoms with Gasteiger partial charge in [0.1, 0.15) is 11.4 Å². The zero-order valence-corrected chi connectivity index (χ0v) is 9.38. The Hall–Kier alpha value is -2.36. The normalized spacial score (nSPS) is 9.94. The van der Waals surface area contributed by atoms with Crippen molar-refractivity contribution in [2.45, 2.75) is 0 Å². The molecule has 0 atom stereocenters. The number of carbonyl (C=O) groups excluding carboxylic acids is 1. The van der Waals surface area contributed by atoms with E-state index in [1.165, 1.54) is 7.11 Å². The Morgan fingerprint density at radius 2 is 2.12 bits per heavy atom. The van der Waals surface area contributed by atoms with Crippen molar-refractivity contribution in [2.24, 2.45) is 0 Å². The first-order chi connectivity index (χ1) is 8.22. The Morgan fingerprint density at radius 1 is 1.29 bits per heavy atom. The van der Waals surface area contributed by atoms with Crippen LogP contribution in [0.3, 0.4) is 0 Å². The first-order valence-electron chi connectivity index (χ1n) is 5.11. The van der Waals surface area contributed by atoms with Crippen LogP contribution in [-0.2, 0) is 0 Å². The maximum absolute atomic E-state index is 12.2. The molecule has 2 N–H and O–H groups in total. The van der Waals surface area contributed by atoms with Crippen LogP contribution in [0.5, 0.6) is 5.75 Å². The number of carbonyl (C=O) groups is 1. The minimum Gasteiger partial charge on any atom is -0.496 e. The van der Waals surface area contributed by atoms with E-state index in [9.17, 15) is 4.79 Å². The summed E-state index contributed by atoms with van der Waals surface area (Å²) in [6.45, 7) is 0. The fraction of sp³-hybridized carbons (Fsp3) is 0.0769. The summed E-state index contributed by atoms with van der Waals surface area (Å²) in [5.74, 6) is 0.281. The van der Waals surface area contributed by atoms with E-state index < -0.39 is 0 Å². The lowest BCUT2D eigenvalue weighted by molar-refractivity contribution is 0.103.